The summed E-state index contributed by atoms with van der Waals surface area (Å²) in [6.45, 7) is 3.42. The SMILES string of the molecule is CCC(CN)CC(=O)N(C)CC1CC(O)C1. The summed E-state index contributed by atoms with van der Waals surface area (Å²) in [4.78, 5) is 13.6. The molecule has 0 aromatic rings. The number of carbonyl (C=O) groups excluding carboxylic acids is 1. The largest absolute Gasteiger partial charge is 0.393 e. The van der Waals surface area contributed by atoms with Crippen molar-refractivity contribution in [2.75, 3.05) is 20.1 Å². The van der Waals surface area contributed by atoms with Crippen molar-refractivity contribution in [1.29, 1.82) is 0 Å². The Morgan fingerprint density at radius 1 is 1.56 bits per heavy atom. The molecule has 0 spiro atoms. The molecule has 1 aliphatic carbocycles. The molecular weight excluding hydrogens is 204 g/mol. The van der Waals surface area contributed by atoms with Gasteiger partial charge in [0.2, 0.25) is 5.91 Å². The van der Waals surface area contributed by atoms with Crippen LogP contribution < -0.4 is 5.73 Å². The Bertz CT molecular complexity index is 223. The third-order valence-electron chi connectivity index (χ3n) is 3.54. The molecule has 1 amide bonds. The van der Waals surface area contributed by atoms with Crippen LogP contribution in [0.4, 0.5) is 0 Å². The highest BCUT2D eigenvalue weighted by Crippen LogP contribution is 2.27. The molecule has 1 aliphatic rings. The molecule has 1 atom stereocenters. The van der Waals surface area contributed by atoms with Crippen LogP contribution >= 0.6 is 0 Å². The van der Waals surface area contributed by atoms with Crippen LogP contribution in [-0.4, -0.2) is 42.2 Å². The quantitative estimate of drug-likeness (QED) is 0.699. The molecule has 1 rings (SSSR count). The topological polar surface area (TPSA) is 66.6 Å². The van der Waals surface area contributed by atoms with Crippen molar-refractivity contribution in [3.05, 3.63) is 0 Å². The Kier molecular flexibility index (Phi) is 5.22. The van der Waals surface area contributed by atoms with Gasteiger partial charge in [0.25, 0.3) is 0 Å². The van der Waals surface area contributed by atoms with E-state index in [1.54, 1.807) is 4.90 Å². The Morgan fingerprint density at radius 2 is 2.19 bits per heavy atom. The van der Waals surface area contributed by atoms with Crippen molar-refractivity contribution in [3.8, 4) is 0 Å². The summed E-state index contributed by atoms with van der Waals surface area (Å²) in [7, 11) is 1.84. The summed E-state index contributed by atoms with van der Waals surface area (Å²) < 4.78 is 0. The number of aliphatic hydroxyl groups excluding tert-OH is 1. The standard InChI is InChI=1S/C12H24N2O2/c1-3-9(7-13)6-12(16)14(2)8-10-4-11(15)5-10/h9-11,15H,3-8,13H2,1-2H3. The van der Waals surface area contributed by atoms with E-state index in [1.807, 2.05) is 7.05 Å². The van der Waals surface area contributed by atoms with Gasteiger partial charge in [-0.1, -0.05) is 13.3 Å². The lowest BCUT2D eigenvalue weighted by Crippen LogP contribution is -2.40. The second kappa shape index (κ2) is 6.21. The summed E-state index contributed by atoms with van der Waals surface area (Å²) in [6, 6.07) is 0. The van der Waals surface area contributed by atoms with Gasteiger partial charge in [0.15, 0.2) is 0 Å². The molecule has 0 aliphatic heterocycles. The fourth-order valence-corrected chi connectivity index (χ4v) is 2.14. The summed E-state index contributed by atoms with van der Waals surface area (Å²) in [6.07, 6.45) is 3.05. The van der Waals surface area contributed by atoms with Crippen LogP contribution in [0.1, 0.15) is 32.6 Å². The highest BCUT2D eigenvalue weighted by Gasteiger charge is 2.29. The minimum Gasteiger partial charge on any atom is -0.393 e. The Labute approximate surface area is 97.8 Å². The van der Waals surface area contributed by atoms with Crippen molar-refractivity contribution in [2.24, 2.45) is 17.6 Å². The molecule has 1 unspecified atom stereocenters. The summed E-state index contributed by atoms with van der Waals surface area (Å²) in [5.41, 5.74) is 5.58. The second-order valence-corrected chi connectivity index (χ2v) is 4.98. The fraction of sp³-hybridized carbons (Fsp3) is 0.917. The van der Waals surface area contributed by atoms with Gasteiger partial charge in [-0.15, -0.1) is 0 Å². The van der Waals surface area contributed by atoms with Crippen LogP contribution in [0.2, 0.25) is 0 Å². The molecule has 1 saturated carbocycles. The third kappa shape index (κ3) is 3.76. The van der Waals surface area contributed by atoms with E-state index >= 15 is 0 Å². The van der Waals surface area contributed by atoms with Crippen molar-refractivity contribution in [2.45, 2.75) is 38.7 Å². The number of rotatable bonds is 6. The van der Waals surface area contributed by atoms with Crippen LogP contribution in [0.3, 0.4) is 0 Å². The summed E-state index contributed by atoms with van der Waals surface area (Å²) >= 11 is 0. The maximum atomic E-state index is 11.8. The predicted molar refractivity (Wildman–Crippen MR) is 63.8 cm³/mol. The predicted octanol–water partition coefficient (Wildman–Crippen LogP) is 0.591. The van der Waals surface area contributed by atoms with Gasteiger partial charge in [-0.05, 0) is 31.2 Å². The summed E-state index contributed by atoms with van der Waals surface area (Å²) in [5, 5.41) is 9.17. The molecule has 94 valence electrons. The first-order valence-electron chi connectivity index (χ1n) is 6.18. The lowest BCUT2D eigenvalue weighted by Gasteiger charge is -2.34. The van der Waals surface area contributed by atoms with Gasteiger partial charge in [-0.25, -0.2) is 0 Å². The van der Waals surface area contributed by atoms with E-state index in [-0.39, 0.29) is 12.0 Å². The highest BCUT2D eigenvalue weighted by molar-refractivity contribution is 5.76. The first kappa shape index (κ1) is 13.5. The maximum Gasteiger partial charge on any atom is 0.222 e. The van der Waals surface area contributed by atoms with Gasteiger partial charge in [0.1, 0.15) is 0 Å². The van der Waals surface area contributed by atoms with E-state index in [2.05, 4.69) is 6.92 Å². The number of aliphatic hydroxyl groups is 1. The van der Waals surface area contributed by atoms with Crippen LogP contribution in [-0.2, 0) is 4.79 Å². The first-order chi connectivity index (χ1) is 7.56. The van der Waals surface area contributed by atoms with E-state index in [0.717, 1.165) is 25.8 Å². The van der Waals surface area contributed by atoms with Gasteiger partial charge < -0.3 is 15.7 Å². The average Bonchev–Trinajstić information content (AvgIpc) is 2.23. The normalized spacial score (nSPS) is 26.0. The summed E-state index contributed by atoms with van der Waals surface area (Å²) in [5.74, 6) is 0.975. The van der Waals surface area contributed by atoms with E-state index in [9.17, 15) is 9.90 Å². The van der Waals surface area contributed by atoms with Crippen molar-refractivity contribution in [1.82, 2.24) is 4.90 Å². The van der Waals surface area contributed by atoms with Crippen molar-refractivity contribution < 1.29 is 9.90 Å². The molecular formula is C12H24N2O2. The molecule has 1 fully saturated rings. The van der Waals surface area contributed by atoms with Crippen LogP contribution in [0.15, 0.2) is 0 Å². The molecule has 16 heavy (non-hydrogen) atoms. The monoisotopic (exact) mass is 228 g/mol. The molecule has 4 heteroatoms. The Morgan fingerprint density at radius 3 is 2.62 bits per heavy atom. The molecule has 0 radical (unpaired) electrons. The molecule has 3 N–H and O–H groups in total. The average molecular weight is 228 g/mol. The third-order valence-corrected chi connectivity index (χ3v) is 3.54. The molecule has 0 aromatic heterocycles. The van der Waals surface area contributed by atoms with Crippen molar-refractivity contribution >= 4 is 5.91 Å². The van der Waals surface area contributed by atoms with E-state index < -0.39 is 0 Å². The van der Waals surface area contributed by atoms with Crippen molar-refractivity contribution in [3.63, 3.8) is 0 Å². The second-order valence-electron chi connectivity index (χ2n) is 4.98. The number of amides is 1. The Hall–Kier alpha value is -0.610. The first-order valence-corrected chi connectivity index (χ1v) is 6.18. The van der Waals surface area contributed by atoms with E-state index in [4.69, 9.17) is 5.73 Å². The van der Waals surface area contributed by atoms with Crippen LogP contribution in [0.25, 0.3) is 0 Å². The maximum absolute atomic E-state index is 11.8. The zero-order valence-corrected chi connectivity index (χ0v) is 10.4. The van der Waals surface area contributed by atoms with Gasteiger partial charge in [0.05, 0.1) is 6.10 Å². The minimum atomic E-state index is -0.138. The van der Waals surface area contributed by atoms with Crippen LogP contribution in [0, 0.1) is 11.8 Å². The van der Waals surface area contributed by atoms with Crippen LogP contribution in [0.5, 0.6) is 0 Å². The lowest BCUT2D eigenvalue weighted by molar-refractivity contribution is -0.132. The van der Waals surface area contributed by atoms with E-state index in [0.29, 0.717) is 24.8 Å². The minimum absolute atomic E-state index is 0.138. The van der Waals surface area contributed by atoms with Gasteiger partial charge >= 0.3 is 0 Å². The van der Waals surface area contributed by atoms with E-state index in [1.165, 1.54) is 0 Å². The smallest absolute Gasteiger partial charge is 0.222 e. The number of hydrogen-bond acceptors (Lipinski definition) is 3. The molecule has 0 aromatic carbocycles. The highest BCUT2D eigenvalue weighted by atomic mass is 16.3. The van der Waals surface area contributed by atoms with Gasteiger partial charge in [-0.3, -0.25) is 4.79 Å². The number of carbonyl (C=O) groups is 1. The molecule has 0 bridgehead atoms. The number of hydrogen-bond donors (Lipinski definition) is 2. The molecule has 0 heterocycles. The fourth-order valence-electron chi connectivity index (χ4n) is 2.14. The number of nitrogens with two attached hydrogens (primary N) is 1. The zero-order valence-electron chi connectivity index (χ0n) is 10.4. The van der Waals surface area contributed by atoms with Gasteiger partial charge in [0, 0.05) is 20.0 Å². The molecule has 0 saturated heterocycles. The Balaban J connectivity index is 2.24. The van der Waals surface area contributed by atoms with Gasteiger partial charge in [-0.2, -0.15) is 0 Å². The molecule has 4 nitrogen and oxygen atoms in total. The number of nitrogens with zero attached hydrogens (tertiary/aromatic N) is 1. The zero-order chi connectivity index (χ0) is 12.1. The lowest BCUT2D eigenvalue weighted by atomic mass is 9.82.